The van der Waals surface area contributed by atoms with E-state index in [1.807, 2.05) is 19.9 Å². The first-order valence-electron chi connectivity index (χ1n) is 8.49. The first kappa shape index (κ1) is 19.5. The monoisotopic (exact) mass is 365 g/mol. The standard InChI is InChI=1S/C16H27N7OS/c1-12-11-13(2)20-15(19-12)21-14(22-16(25)17-3)18-5-4-6-23-7-9-24-10-8-23/h11H,4-10H2,1-3H3,(H3,17,18,19,20,21,22,25). The van der Waals surface area contributed by atoms with E-state index >= 15 is 0 Å². The molecule has 0 bridgehead atoms. The highest BCUT2D eigenvalue weighted by Crippen LogP contribution is 2.04. The molecule has 2 rings (SSSR count). The predicted octanol–water partition coefficient (Wildman–Crippen LogP) is 0.678. The Morgan fingerprint density at radius 1 is 1.28 bits per heavy atom. The molecule has 0 saturated carbocycles. The quantitative estimate of drug-likeness (QED) is 0.304. The Labute approximate surface area is 154 Å². The van der Waals surface area contributed by atoms with Crippen LogP contribution in [0, 0.1) is 13.8 Å². The lowest BCUT2D eigenvalue weighted by molar-refractivity contribution is 0.0377. The molecule has 0 radical (unpaired) electrons. The first-order valence-corrected chi connectivity index (χ1v) is 8.90. The predicted molar refractivity (Wildman–Crippen MR) is 104 cm³/mol. The zero-order valence-corrected chi connectivity index (χ0v) is 15.9. The van der Waals surface area contributed by atoms with E-state index in [1.165, 1.54) is 0 Å². The maximum absolute atomic E-state index is 5.36. The number of nitrogens with zero attached hydrogens (tertiary/aromatic N) is 4. The topological polar surface area (TPSA) is 86.7 Å². The Kier molecular flexibility index (Phi) is 7.96. The van der Waals surface area contributed by atoms with Crippen molar-refractivity contribution in [3.05, 3.63) is 17.5 Å². The third kappa shape index (κ3) is 7.29. The molecule has 1 fully saturated rings. The number of hydrogen-bond donors (Lipinski definition) is 3. The number of aromatic nitrogens is 2. The molecule has 0 aromatic carbocycles. The van der Waals surface area contributed by atoms with E-state index in [9.17, 15) is 0 Å². The number of ether oxygens (including phenoxy) is 1. The number of nitrogens with one attached hydrogen (secondary N) is 3. The second kappa shape index (κ2) is 10.2. The largest absolute Gasteiger partial charge is 0.379 e. The molecule has 1 saturated heterocycles. The molecule has 25 heavy (non-hydrogen) atoms. The van der Waals surface area contributed by atoms with Gasteiger partial charge >= 0.3 is 0 Å². The van der Waals surface area contributed by atoms with Crippen molar-refractivity contribution in [2.24, 2.45) is 4.99 Å². The Balaban J connectivity index is 1.92. The lowest BCUT2D eigenvalue weighted by Gasteiger charge is -2.26. The van der Waals surface area contributed by atoms with Gasteiger partial charge in [-0.1, -0.05) is 0 Å². The molecule has 0 amide bonds. The fraction of sp³-hybridized carbons (Fsp3) is 0.625. The van der Waals surface area contributed by atoms with Crippen LogP contribution in [0.1, 0.15) is 17.8 Å². The third-order valence-electron chi connectivity index (χ3n) is 3.68. The van der Waals surface area contributed by atoms with Gasteiger partial charge in [0.25, 0.3) is 0 Å². The molecular weight excluding hydrogens is 338 g/mol. The number of thiocarbonyl (C=S) groups is 1. The van der Waals surface area contributed by atoms with Crippen molar-refractivity contribution in [3.8, 4) is 0 Å². The summed E-state index contributed by atoms with van der Waals surface area (Å²) in [7, 11) is 1.76. The molecule has 0 spiro atoms. The van der Waals surface area contributed by atoms with Crippen LogP contribution in [0.3, 0.4) is 0 Å². The summed E-state index contributed by atoms with van der Waals surface area (Å²) in [5.41, 5.74) is 1.80. The molecule has 3 N–H and O–H groups in total. The average molecular weight is 366 g/mol. The number of aryl methyl sites for hydroxylation is 2. The molecule has 1 aliphatic heterocycles. The molecule has 8 nitrogen and oxygen atoms in total. The second-order valence-electron chi connectivity index (χ2n) is 5.84. The van der Waals surface area contributed by atoms with E-state index in [0.29, 0.717) is 23.6 Å². The van der Waals surface area contributed by atoms with Crippen LogP contribution in [-0.2, 0) is 4.74 Å². The number of hydrogen-bond acceptors (Lipinski definition) is 6. The van der Waals surface area contributed by atoms with Crippen molar-refractivity contribution in [1.29, 1.82) is 0 Å². The van der Waals surface area contributed by atoms with Gasteiger partial charge in [-0.15, -0.1) is 0 Å². The van der Waals surface area contributed by atoms with Crippen molar-refractivity contribution in [2.75, 3.05) is 51.8 Å². The second-order valence-corrected chi connectivity index (χ2v) is 6.25. The van der Waals surface area contributed by atoms with Crippen LogP contribution in [0.4, 0.5) is 5.95 Å². The Hall–Kier alpha value is -1.84. The lowest BCUT2D eigenvalue weighted by atomic mass is 10.3. The smallest absolute Gasteiger partial charge is 0.229 e. The Morgan fingerprint density at radius 2 is 1.96 bits per heavy atom. The highest BCUT2D eigenvalue weighted by molar-refractivity contribution is 7.80. The summed E-state index contributed by atoms with van der Waals surface area (Å²) in [5.74, 6) is 1.06. The number of aliphatic imine (C=N–C) groups is 1. The normalized spacial score (nSPS) is 15.7. The van der Waals surface area contributed by atoms with Crippen LogP contribution in [-0.4, -0.2) is 72.4 Å². The van der Waals surface area contributed by atoms with E-state index in [4.69, 9.17) is 17.0 Å². The van der Waals surface area contributed by atoms with E-state index in [1.54, 1.807) is 7.05 Å². The highest BCUT2D eigenvalue weighted by Gasteiger charge is 2.10. The van der Waals surface area contributed by atoms with Gasteiger partial charge in [-0.3, -0.25) is 15.2 Å². The van der Waals surface area contributed by atoms with Crippen LogP contribution >= 0.6 is 12.2 Å². The Bertz CT molecular complexity index is 582. The minimum atomic E-state index is 0.490. The van der Waals surface area contributed by atoms with Crippen LogP contribution in [0.2, 0.25) is 0 Å². The molecule has 0 aliphatic carbocycles. The van der Waals surface area contributed by atoms with Crippen LogP contribution in [0.5, 0.6) is 0 Å². The van der Waals surface area contributed by atoms with E-state index < -0.39 is 0 Å². The molecule has 138 valence electrons. The third-order valence-corrected chi connectivity index (χ3v) is 3.98. The van der Waals surface area contributed by atoms with Crippen molar-refractivity contribution < 1.29 is 4.74 Å². The molecule has 2 heterocycles. The van der Waals surface area contributed by atoms with Gasteiger partial charge in [0.1, 0.15) is 0 Å². The number of morpholine rings is 1. The van der Waals surface area contributed by atoms with Crippen molar-refractivity contribution in [1.82, 2.24) is 25.5 Å². The van der Waals surface area contributed by atoms with Gasteiger partial charge in [0.15, 0.2) is 5.11 Å². The fourth-order valence-corrected chi connectivity index (χ4v) is 2.57. The van der Waals surface area contributed by atoms with Crippen molar-refractivity contribution >= 4 is 29.2 Å². The summed E-state index contributed by atoms with van der Waals surface area (Å²) in [6.45, 7) is 9.19. The minimum absolute atomic E-state index is 0.490. The minimum Gasteiger partial charge on any atom is -0.379 e. The van der Waals surface area contributed by atoms with E-state index in [2.05, 4.69) is 35.8 Å². The van der Waals surface area contributed by atoms with Crippen molar-refractivity contribution in [3.63, 3.8) is 0 Å². The van der Waals surface area contributed by atoms with Crippen LogP contribution in [0.25, 0.3) is 0 Å². The first-order chi connectivity index (χ1) is 12.1. The highest BCUT2D eigenvalue weighted by atomic mass is 32.1. The van der Waals surface area contributed by atoms with Gasteiger partial charge in [-0.2, -0.15) is 0 Å². The molecular formula is C16H27N7OS. The SMILES string of the molecule is CNC(=S)NC(=NCCCN1CCOCC1)Nc1nc(C)cc(C)n1. The van der Waals surface area contributed by atoms with Gasteiger partial charge < -0.3 is 15.4 Å². The number of guanidine groups is 1. The molecule has 0 atom stereocenters. The summed E-state index contributed by atoms with van der Waals surface area (Å²) >= 11 is 5.17. The number of anilines is 1. The number of rotatable bonds is 5. The zero-order valence-electron chi connectivity index (χ0n) is 15.1. The van der Waals surface area contributed by atoms with Gasteiger partial charge in [-0.25, -0.2) is 9.97 Å². The van der Waals surface area contributed by atoms with Gasteiger partial charge in [0, 0.05) is 44.6 Å². The van der Waals surface area contributed by atoms with Crippen LogP contribution < -0.4 is 16.0 Å². The summed E-state index contributed by atoms with van der Waals surface area (Å²) in [5, 5.41) is 9.53. The summed E-state index contributed by atoms with van der Waals surface area (Å²) in [4.78, 5) is 15.7. The van der Waals surface area contributed by atoms with Gasteiger partial charge in [0.05, 0.1) is 13.2 Å². The maximum atomic E-state index is 5.36. The van der Waals surface area contributed by atoms with Gasteiger partial charge in [-0.05, 0) is 38.6 Å². The average Bonchev–Trinajstić information content (AvgIpc) is 2.58. The van der Waals surface area contributed by atoms with Crippen LogP contribution in [0.15, 0.2) is 11.1 Å². The maximum Gasteiger partial charge on any atom is 0.229 e. The molecule has 9 heteroatoms. The van der Waals surface area contributed by atoms with Gasteiger partial charge in [0.2, 0.25) is 11.9 Å². The molecule has 1 aromatic heterocycles. The Morgan fingerprint density at radius 3 is 2.60 bits per heavy atom. The molecule has 1 aliphatic rings. The summed E-state index contributed by atoms with van der Waals surface area (Å²) in [6.07, 6.45) is 0.965. The zero-order chi connectivity index (χ0) is 18.1. The van der Waals surface area contributed by atoms with E-state index in [-0.39, 0.29) is 0 Å². The summed E-state index contributed by atoms with van der Waals surface area (Å²) < 4.78 is 5.36. The fourth-order valence-electron chi connectivity index (χ4n) is 2.48. The molecule has 0 unspecified atom stereocenters. The van der Waals surface area contributed by atoms with Crippen molar-refractivity contribution in [2.45, 2.75) is 20.3 Å². The molecule has 1 aromatic rings. The van der Waals surface area contributed by atoms with E-state index in [0.717, 1.165) is 50.7 Å². The lowest BCUT2D eigenvalue weighted by Crippen LogP contribution is -2.41. The summed E-state index contributed by atoms with van der Waals surface area (Å²) in [6, 6.07) is 1.93.